The Labute approximate surface area is 151 Å². The van der Waals surface area contributed by atoms with Gasteiger partial charge in [-0.05, 0) is 30.3 Å². The number of amides is 1. The highest BCUT2D eigenvalue weighted by Gasteiger charge is 2.36. The molecule has 0 saturated carbocycles. The summed E-state index contributed by atoms with van der Waals surface area (Å²) in [6.45, 7) is 0.218. The Balaban J connectivity index is 1.83. The molecule has 0 aliphatic carbocycles. The molecule has 2 aromatic rings. The molecule has 0 spiro atoms. The largest absolute Gasteiger partial charge is 0.389 e. The minimum absolute atomic E-state index is 0.0297. The van der Waals surface area contributed by atoms with E-state index in [0.29, 0.717) is 5.69 Å². The maximum Gasteiger partial charge on any atom is 0.255 e. The maximum atomic E-state index is 12.8. The van der Waals surface area contributed by atoms with Gasteiger partial charge in [0, 0.05) is 18.8 Å². The quantitative estimate of drug-likeness (QED) is 0.795. The number of hydrogen-bond donors (Lipinski definition) is 2. The molecule has 2 atom stereocenters. The van der Waals surface area contributed by atoms with Gasteiger partial charge in [0.25, 0.3) is 5.91 Å². The van der Waals surface area contributed by atoms with Crippen molar-refractivity contribution in [3.8, 4) is 0 Å². The van der Waals surface area contributed by atoms with Crippen LogP contribution >= 0.6 is 0 Å². The molecule has 1 fully saturated rings. The van der Waals surface area contributed by atoms with Crippen LogP contribution in [-0.2, 0) is 14.8 Å². The van der Waals surface area contributed by atoms with Crippen LogP contribution < -0.4 is 5.32 Å². The molecule has 2 N–H and O–H groups in total. The summed E-state index contributed by atoms with van der Waals surface area (Å²) < 4.78 is 31.8. The average molecular weight is 377 g/mol. The van der Waals surface area contributed by atoms with Gasteiger partial charge in [-0.25, -0.2) is 8.42 Å². The van der Waals surface area contributed by atoms with Crippen molar-refractivity contribution in [1.82, 2.24) is 9.29 Å². The lowest BCUT2D eigenvalue weighted by atomic mass is 10.2. The van der Waals surface area contributed by atoms with E-state index in [0.717, 1.165) is 4.31 Å². The van der Waals surface area contributed by atoms with E-state index in [4.69, 9.17) is 4.74 Å². The second-order valence-corrected chi connectivity index (χ2v) is 7.91. The van der Waals surface area contributed by atoms with Crippen LogP contribution in [0.2, 0.25) is 0 Å². The number of nitrogens with one attached hydrogen (secondary N) is 1. The second-order valence-electron chi connectivity index (χ2n) is 5.92. The van der Waals surface area contributed by atoms with Crippen LogP contribution in [0.5, 0.6) is 0 Å². The van der Waals surface area contributed by atoms with Gasteiger partial charge in [-0.1, -0.05) is 6.07 Å². The van der Waals surface area contributed by atoms with E-state index in [1.807, 2.05) is 0 Å². The van der Waals surface area contributed by atoms with Gasteiger partial charge < -0.3 is 15.2 Å². The molecular weight excluding hydrogens is 358 g/mol. The maximum absolute atomic E-state index is 12.8. The molecule has 8 nitrogen and oxygen atoms in total. The number of anilines is 1. The van der Waals surface area contributed by atoms with Crippen LogP contribution in [0, 0.1) is 0 Å². The first kappa shape index (κ1) is 18.5. The molecule has 0 unspecified atom stereocenters. The topological polar surface area (TPSA) is 109 Å². The molecule has 1 amide bonds. The summed E-state index contributed by atoms with van der Waals surface area (Å²) in [6, 6.07) is 8.45. The van der Waals surface area contributed by atoms with Crippen molar-refractivity contribution in [3.63, 3.8) is 0 Å². The third-order valence-corrected chi connectivity index (χ3v) is 6.06. The number of aliphatic hydroxyl groups excluding tert-OH is 1. The van der Waals surface area contributed by atoms with E-state index in [-0.39, 0.29) is 23.7 Å². The third kappa shape index (κ3) is 3.75. The first-order valence-corrected chi connectivity index (χ1v) is 9.39. The Morgan fingerprint density at radius 2 is 2.12 bits per heavy atom. The van der Waals surface area contributed by atoms with Gasteiger partial charge >= 0.3 is 0 Å². The van der Waals surface area contributed by atoms with E-state index in [2.05, 4.69) is 10.3 Å². The number of rotatable bonds is 5. The summed E-state index contributed by atoms with van der Waals surface area (Å²) >= 11 is 0. The van der Waals surface area contributed by atoms with Crippen molar-refractivity contribution in [2.75, 3.05) is 25.6 Å². The smallest absolute Gasteiger partial charge is 0.255 e. The van der Waals surface area contributed by atoms with Crippen molar-refractivity contribution in [2.45, 2.75) is 17.0 Å². The summed E-state index contributed by atoms with van der Waals surface area (Å²) in [5, 5.41) is 12.5. The van der Waals surface area contributed by atoms with Crippen molar-refractivity contribution < 1.29 is 23.1 Å². The molecule has 0 radical (unpaired) electrons. The first-order chi connectivity index (χ1) is 12.4. The van der Waals surface area contributed by atoms with Gasteiger partial charge in [0.05, 0.1) is 42.1 Å². The standard InChI is InChI=1S/C17H19N3O5S/c1-20(15-10-25-11-16(15)21)26(23,24)14-6-2-4-12(8-14)17(22)19-13-5-3-7-18-9-13/h2-9,15-16,21H,10-11H2,1H3,(H,19,22)/t15-,16-/m0/s1. The zero-order valence-corrected chi connectivity index (χ0v) is 14.9. The van der Waals surface area contributed by atoms with Crippen LogP contribution in [0.25, 0.3) is 0 Å². The van der Waals surface area contributed by atoms with E-state index in [1.165, 1.54) is 37.5 Å². The van der Waals surface area contributed by atoms with Gasteiger partial charge in [-0.15, -0.1) is 0 Å². The fourth-order valence-corrected chi connectivity index (χ4v) is 4.08. The number of hydrogen-bond acceptors (Lipinski definition) is 6. The highest BCUT2D eigenvalue weighted by atomic mass is 32.2. The molecule has 138 valence electrons. The van der Waals surface area contributed by atoms with Gasteiger partial charge in [-0.2, -0.15) is 4.31 Å². The predicted molar refractivity (Wildman–Crippen MR) is 94.2 cm³/mol. The predicted octanol–water partition coefficient (Wildman–Crippen LogP) is 0.714. The highest BCUT2D eigenvalue weighted by Crippen LogP contribution is 2.22. The summed E-state index contributed by atoms with van der Waals surface area (Å²) in [5.41, 5.74) is 0.709. The van der Waals surface area contributed by atoms with E-state index in [1.54, 1.807) is 18.3 Å². The van der Waals surface area contributed by atoms with Crippen LogP contribution in [0.3, 0.4) is 0 Å². The lowest BCUT2D eigenvalue weighted by molar-refractivity contribution is 0.102. The molecule has 1 aliphatic heterocycles. The number of benzene rings is 1. The average Bonchev–Trinajstić information content (AvgIpc) is 3.07. The van der Waals surface area contributed by atoms with Crippen LogP contribution in [0.4, 0.5) is 5.69 Å². The molecule has 2 heterocycles. The Kier molecular flexibility index (Phi) is 5.33. The summed E-state index contributed by atoms with van der Waals surface area (Å²) in [5.74, 6) is -0.443. The summed E-state index contributed by atoms with van der Waals surface area (Å²) in [7, 11) is -2.49. The highest BCUT2D eigenvalue weighted by molar-refractivity contribution is 7.89. The zero-order valence-electron chi connectivity index (χ0n) is 14.1. The molecule has 0 bridgehead atoms. The van der Waals surface area contributed by atoms with Crippen LogP contribution in [0.15, 0.2) is 53.7 Å². The van der Waals surface area contributed by atoms with Gasteiger partial charge in [0.15, 0.2) is 0 Å². The first-order valence-electron chi connectivity index (χ1n) is 7.95. The Bertz CT molecular complexity index is 888. The lowest BCUT2D eigenvalue weighted by Gasteiger charge is -2.25. The van der Waals surface area contributed by atoms with Crippen LogP contribution in [-0.4, -0.2) is 61.1 Å². The molecule has 1 saturated heterocycles. The van der Waals surface area contributed by atoms with Crippen molar-refractivity contribution in [3.05, 3.63) is 54.4 Å². The number of carbonyl (C=O) groups is 1. The third-order valence-electron chi connectivity index (χ3n) is 4.18. The van der Waals surface area contributed by atoms with Crippen molar-refractivity contribution in [2.24, 2.45) is 0 Å². The van der Waals surface area contributed by atoms with Crippen molar-refractivity contribution in [1.29, 1.82) is 0 Å². The number of ether oxygens (including phenoxy) is 1. The normalized spacial score (nSPS) is 20.3. The molecule has 9 heteroatoms. The second kappa shape index (κ2) is 7.50. The van der Waals surface area contributed by atoms with E-state index < -0.39 is 28.1 Å². The number of nitrogens with zero attached hydrogens (tertiary/aromatic N) is 2. The van der Waals surface area contributed by atoms with E-state index >= 15 is 0 Å². The Hall–Kier alpha value is -2.33. The molecule has 1 aromatic heterocycles. The molecule has 3 rings (SSSR count). The number of likely N-dealkylation sites (N-methyl/N-ethyl adjacent to an activating group) is 1. The summed E-state index contributed by atoms with van der Waals surface area (Å²) in [4.78, 5) is 16.2. The fourth-order valence-electron chi connectivity index (χ4n) is 2.66. The molecule has 26 heavy (non-hydrogen) atoms. The zero-order chi connectivity index (χ0) is 18.7. The Morgan fingerprint density at radius 3 is 2.77 bits per heavy atom. The van der Waals surface area contributed by atoms with Gasteiger partial charge in [-0.3, -0.25) is 9.78 Å². The van der Waals surface area contributed by atoms with Crippen molar-refractivity contribution >= 4 is 21.6 Å². The number of pyridine rings is 1. The lowest BCUT2D eigenvalue weighted by Crippen LogP contribution is -2.43. The minimum Gasteiger partial charge on any atom is -0.389 e. The SMILES string of the molecule is CN([C@H]1COC[C@@H]1O)S(=O)(=O)c1cccc(C(=O)Nc2cccnc2)c1. The Morgan fingerprint density at radius 1 is 1.31 bits per heavy atom. The van der Waals surface area contributed by atoms with Gasteiger partial charge in [0.2, 0.25) is 10.0 Å². The summed E-state index contributed by atoms with van der Waals surface area (Å²) in [6.07, 6.45) is 2.19. The molecule has 1 aromatic carbocycles. The number of carbonyl (C=O) groups excluding carboxylic acids is 1. The fraction of sp³-hybridized carbons (Fsp3) is 0.294. The molecular formula is C17H19N3O5S. The number of sulfonamides is 1. The number of aliphatic hydroxyl groups is 1. The van der Waals surface area contributed by atoms with Crippen LogP contribution in [0.1, 0.15) is 10.4 Å². The minimum atomic E-state index is -3.88. The van der Waals surface area contributed by atoms with Gasteiger partial charge in [0.1, 0.15) is 0 Å². The monoisotopic (exact) mass is 377 g/mol. The van der Waals surface area contributed by atoms with E-state index in [9.17, 15) is 18.3 Å². The number of aromatic nitrogens is 1. The molecule has 1 aliphatic rings.